The molecule has 0 aromatic heterocycles. The molecule has 0 aromatic rings. The second-order valence-corrected chi connectivity index (χ2v) is 8.16. The highest BCUT2D eigenvalue weighted by Gasteiger charge is 2.67. The summed E-state index contributed by atoms with van der Waals surface area (Å²) in [7, 11) is -5.57. The smallest absolute Gasteiger partial charge is 0.304 e. The van der Waals surface area contributed by atoms with Crippen LogP contribution in [0.2, 0.25) is 0 Å². The van der Waals surface area contributed by atoms with E-state index in [4.69, 9.17) is 9.05 Å². The molecule has 8 heteroatoms. The molecule has 0 radical (unpaired) electrons. The number of hydrogen-bond acceptors (Lipinski definition) is 5. The van der Waals surface area contributed by atoms with Gasteiger partial charge < -0.3 is 9.05 Å². The summed E-state index contributed by atoms with van der Waals surface area (Å²) >= 11 is 0. The Morgan fingerprint density at radius 1 is 1.44 bits per heavy atom. The van der Waals surface area contributed by atoms with Crippen molar-refractivity contribution in [1.29, 1.82) is 0 Å². The molecule has 2 atom stereocenters. The minimum Gasteiger partial charge on any atom is -0.304 e. The first-order valence-corrected chi connectivity index (χ1v) is 8.03. The molecule has 92 valence electrons. The minimum absolute atomic E-state index is 0.129. The van der Waals surface area contributed by atoms with Crippen molar-refractivity contribution in [3.63, 3.8) is 0 Å². The molecule has 6 nitrogen and oxygen atoms in total. The molecule has 1 N–H and O–H groups in total. The largest absolute Gasteiger partial charge is 0.405 e. The Hall–Kier alpha value is -0.280. The highest BCUT2D eigenvalue weighted by molar-refractivity contribution is 7.71. The van der Waals surface area contributed by atoms with Crippen molar-refractivity contribution in [2.75, 3.05) is 19.4 Å². The number of carbonyl (C=O) groups excluding carboxylic acids is 1. The van der Waals surface area contributed by atoms with Crippen LogP contribution in [-0.4, -0.2) is 30.3 Å². The number of hydrogen-bond donors (Lipinski definition) is 1. The SMILES string of the molecule is CCOP(=O)(OCC)C1(C)NC(=O)C[P+]1=O. The predicted octanol–water partition coefficient (Wildman–Crippen LogP) is 1.88. The minimum atomic E-state index is -3.59. The monoisotopic (exact) mass is 268 g/mol. The zero-order valence-electron chi connectivity index (χ0n) is 9.56. The summed E-state index contributed by atoms with van der Waals surface area (Å²) in [6, 6.07) is 0. The summed E-state index contributed by atoms with van der Waals surface area (Å²) < 4.78 is 34.5. The summed E-state index contributed by atoms with van der Waals surface area (Å²) in [5, 5.41) is 1.06. The van der Waals surface area contributed by atoms with E-state index in [1.54, 1.807) is 13.8 Å². The average molecular weight is 268 g/mol. The lowest BCUT2D eigenvalue weighted by atomic mass is 10.6. The third-order valence-corrected chi connectivity index (χ3v) is 7.72. The van der Waals surface area contributed by atoms with Gasteiger partial charge >= 0.3 is 20.4 Å². The molecule has 2 unspecified atom stereocenters. The number of nitrogens with one attached hydrogen (secondary N) is 1. The molecule has 1 heterocycles. The Bertz CT molecular complexity index is 348. The molecule has 1 fully saturated rings. The van der Waals surface area contributed by atoms with Crippen LogP contribution in [0.4, 0.5) is 0 Å². The quantitative estimate of drug-likeness (QED) is 0.770. The maximum Gasteiger partial charge on any atom is 0.405 e. The first kappa shape index (κ1) is 13.8. The van der Waals surface area contributed by atoms with Crippen LogP contribution >= 0.6 is 15.4 Å². The van der Waals surface area contributed by atoms with Gasteiger partial charge in [-0.3, -0.25) is 14.7 Å². The van der Waals surface area contributed by atoms with Crippen molar-refractivity contribution in [2.45, 2.75) is 25.8 Å². The molecule has 1 aliphatic heterocycles. The van der Waals surface area contributed by atoms with Gasteiger partial charge in [-0.2, -0.15) is 0 Å². The second-order valence-electron chi connectivity index (χ2n) is 3.44. The Kier molecular flexibility index (Phi) is 4.24. The maximum atomic E-state index is 12.5. The van der Waals surface area contributed by atoms with Crippen molar-refractivity contribution in [2.24, 2.45) is 0 Å². The third kappa shape index (κ3) is 2.21. The molecule has 0 bridgehead atoms. The van der Waals surface area contributed by atoms with Crippen molar-refractivity contribution in [3.05, 3.63) is 0 Å². The van der Waals surface area contributed by atoms with E-state index < -0.39 is 20.4 Å². The van der Waals surface area contributed by atoms with Crippen LogP contribution in [0, 0.1) is 0 Å². The van der Waals surface area contributed by atoms with Gasteiger partial charge in [0.25, 0.3) is 5.91 Å². The third-order valence-electron chi connectivity index (χ3n) is 2.28. The van der Waals surface area contributed by atoms with E-state index >= 15 is 0 Å². The second kappa shape index (κ2) is 4.92. The van der Waals surface area contributed by atoms with E-state index in [1.165, 1.54) is 6.92 Å². The van der Waals surface area contributed by atoms with Gasteiger partial charge in [0.05, 0.1) is 13.2 Å². The number of carbonyl (C=O) groups is 1. The van der Waals surface area contributed by atoms with Gasteiger partial charge in [-0.15, -0.1) is 0 Å². The number of rotatable bonds is 5. The summed E-state index contributed by atoms with van der Waals surface area (Å²) in [4.78, 5) is 11.2. The van der Waals surface area contributed by atoms with Gasteiger partial charge in [0.1, 0.15) is 0 Å². The van der Waals surface area contributed by atoms with Gasteiger partial charge in [0.2, 0.25) is 6.16 Å². The van der Waals surface area contributed by atoms with E-state index in [2.05, 4.69) is 5.32 Å². The van der Waals surface area contributed by atoms with E-state index in [-0.39, 0.29) is 25.3 Å². The fourth-order valence-electron chi connectivity index (χ4n) is 1.48. The summed E-state index contributed by atoms with van der Waals surface area (Å²) in [6.07, 6.45) is -0.129. The van der Waals surface area contributed by atoms with Crippen LogP contribution in [-0.2, 0) is 23.0 Å². The lowest BCUT2D eigenvalue weighted by Crippen LogP contribution is -2.37. The zero-order valence-corrected chi connectivity index (χ0v) is 11.3. The summed E-state index contributed by atoms with van der Waals surface area (Å²) in [6.45, 7) is 5.12. The normalized spacial score (nSPS) is 28.2. The van der Waals surface area contributed by atoms with Crippen LogP contribution in [0.1, 0.15) is 20.8 Å². The maximum absolute atomic E-state index is 12.5. The Balaban J connectivity index is 3.06. The fourth-order valence-corrected chi connectivity index (χ4v) is 5.55. The molecule has 0 aromatic carbocycles. The van der Waals surface area contributed by atoms with E-state index in [0.717, 1.165) is 0 Å². The van der Waals surface area contributed by atoms with Crippen LogP contribution in [0.3, 0.4) is 0 Å². The predicted molar refractivity (Wildman–Crippen MR) is 59.9 cm³/mol. The van der Waals surface area contributed by atoms with Gasteiger partial charge in [-0.1, -0.05) is 4.57 Å². The van der Waals surface area contributed by atoms with Crippen molar-refractivity contribution >= 4 is 21.3 Å². The lowest BCUT2D eigenvalue weighted by molar-refractivity contribution is -0.118. The molecule has 1 aliphatic rings. The topological polar surface area (TPSA) is 81.7 Å². The van der Waals surface area contributed by atoms with Gasteiger partial charge in [0.15, 0.2) is 0 Å². The zero-order chi connectivity index (χ0) is 12.4. The standard InChI is InChI=1S/C8H15NO5P2/c1-4-13-16(12,14-5-2)8(3)9-7(10)6-15(8)11/h4-6H2,1-3H3/p+1. The van der Waals surface area contributed by atoms with E-state index in [1.807, 2.05) is 0 Å². The van der Waals surface area contributed by atoms with Crippen LogP contribution in [0.5, 0.6) is 0 Å². The van der Waals surface area contributed by atoms with E-state index in [0.29, 0.717) is 0 Å². The molecule has 1 rings (SSSR count). The van der Waals surface area contributed by atoms with Gasteiger partial charge in [-0.25, -0.2) is 0 Å². The Morgan fingerprint density at radius 3 is 2.25 bits per heavy atom. The Labute approximate surface area is 95.4 Å². The molecule has 0 saturated carbocycles. The lowest BCUT2D eigenvalue weighted by Gasteiger charge is -2.24. The fraction of sp³-hybridized carbons (Fsp3) is 0.875. The van der Waals surface area contributed by atoms with Crippen molar-refractivity contribution < 1.29 is 23.0 Å². The summed E-state index contributed by atoms with van der Waals surface area (Å²) in [5.41, 5.74) is 0. The molecule has 0 spiro atoms. The van der Waals surface area contributed by atoms with Crippen molar-refractivity contribution in [3.8, 4) is 0 Å². The first-order valence-electron chi connectivity index (χ1n) is 5.04. The molecular formula is C8H16NO5P2+. The van der Waals surface area contributed by atoms with Gasteiger partial charge in [-0.05, 0) is 13.8 Å². The average Bonchev–Trinajstić information content (AvgIpc) is 2.42. The molecular weight excluding hydrogens is 252 g/mol. The molecule has 0 aliphatic carbocycles. The highest BCUT2D eigenvalue weighted by atomic mass is 31.2. The highest BCUT2D eigenvalue weighted by Crippen LogP contribution is 2.69. The van der Waals surface area contributed by atoms with Crippen LogP contribution in [0.15, 0.2) is 0 Å². The Morgan fingerprint density at radius 2 is 1.94 bits per heavy atom. The van der Waals surface area contributed by atoms with Crippen LogP contribution < -0.4 is 5.32 Å². The molecule has 1 saturated heterocycles. The first-order chi connectivity index (χ1) is 7.39. The number of amides is 1. The summed E-state index contributed by atoms with van der Waals surface area (Å²) in [5.74, 6) is -0.386. The van der Waals surface area contributed by atoms with Gasteiger partial charge in [0, 0.05) is 6.92 Å². The van der Waals surface area contributed by atoms with E-state index in [9.17, 15) is 13.9 Å². The van der Waals surface area contributed by atoms with Crippen LogP contribution in [0.25, 0.3) is 0 Å². The molecule has 16 heavy (non-hydrogen) atoms. The van der Waals surface area contributed by atoms with Crippen molar-refractivity contribution in [1.82, 2.24) is 5.32 Å². The molecule has 1 amide bonds.